The first kappa shape index (κ1) is 16.6. The Labute approximate surface area is 137 Å². The van der Waals surface area contributed by atoms with Gasteiger partial charge in [-0.3, -0.25) is 14.9 Å². The number of methoxy groups -OCH3 is 1. The number of ketones is 1. The van der Waals surface area contributed by atoms with Crippen molar-refractivity contribution < 1.29 is 18.7 Å². The van der Waals surface area contributed by atoms with Crippen LogP contribution in [0.1, 0.15) is 39.0 Å². The summed E-state index contributed by atoms with van der Waals surface area (Å²) in [6.07, 6.45) is 0. The molecule has 118 valence electrons. The van der Waals surface area contributed by atoms with Gasteiger partial charge in [0.05, 0.1) is 18.2 Å². The number of nitriles is 1. The molecule has 1 N–H and O–H groups in total. The van der Waals surface area contributed by atoms with Gasteiger partial charge < -0.3 is 9.15 Å². The predicted octanol–water partition coefficient (Wildman–Crippen LogP) is 3.58. The molecule has 0 aliphatic carbocycles. The van der Waals surface area contributed by atoms with Crippen molar-refractivity contribution in [3.05, 3.63) is 45.7 Å². The lowest BCUT2D eigenvalue weighted by molar-refractivity contribution is 0.101. The van der Waals surface area contributed by atoms with Crippen molar-refractivity contribution in [3.63, 3.8) is 0 Å². The predicted molar refractivity (Wildman–Crippen MR) is 84.1 cm³/mol. The van der Waals surface area contributed by atoms with E-state index < -0.39 is 5.91 Å². The fraction of sp³-hybridized carbons (Fsp3) is 0.188. The summed E-state index contributed by atoms with van der Waals surface area (Å²) >= 11 is 5.89. The number of furan rings is 1. The highest BCUT2D eigenvalue weighted by Crippen LogP contribution is 2.29. The van der Waals surface area contributed by atoms with Crippen LogP contribution in [0, 0.1) is 18.3 Å². The molecule has 0 aliphatic rings. The van der Waals surface area contributed by atoms with Gasteiger partial charge in [-0.2, -0.15) is 5.26 Å². The molecule has 6 nitrogen and oxygen atoms in total. The van der Waals surface area contributed by atoms with E-state index >= 15 is 0 Å². The quantitative estimate of drug-likeness (QED) is 0.864. The molecule has 7 heteroatoms. The second kappa shape index (κ2) is 6.55. The number of carbonyl (C=O) groups excluding carboxylic acids is 2. The molecule has 0 fully saturated rings. The van der Waals surface area contributed by atoms with Crippen LogP contribution in [0.3, 0.4) is 0 Å². The largest absolute Gasteiger partial charge is 0.496 e. The number of nitrogens with one attached hydrogen (secondary N) is 1. The average molecular weight is 333 g/mol. The fourth-order valence-corrected chi connectivity index (χ4v) is 2.36. The van der Waals surface area contributed by atoms with Crippen LogP contribution in [-0.2, 0) is 0 Å². The highest BCUT2D eigenvalue weighted by molar-refractivity contribution is 6.31. The summed E-state index contributed by atoms with van der Waals surface area (Å²) < 4.78 is 10.5. The maximum absolute atomic E-state index is 12.4. The highest BCUT2D eigenvalue weighted by Gasteiger charge is 2.23. The zero-order valence-corrected chi connectivity index (χ0v) is 13.4. The third-order valence-corrected chi connectivity index (χ3v) is 3.42. The Morgan fingerprint density at radius 3 is 2.65 bits per heavy atom. The number of nitrogens with zero attached hydrogens (tertiary/aromatic N) is 1. The van der Waals surface area contributed by atoms with Gasteiger partial charge in [-0.1, -0.05) is 11.6 Å². The van der Waals surface area contributed by atoms with E-state index in [1.165, 1.54) is 20.1 Å². The van der Waals surface area contributed by atoms with Crippen molar-refractivity contribution in [1.82, 2.24) is 0 Å². The molecule has 0 unspecified atom stereocenters. The Morgan fingerprint density at radius 1 is 1.39 bits per heavy atom. The highest BCUT2D eigenvalue weighted by atomic mass is 35.5. The average Bonchev–Trinajstić information content (AvgIpc) is 2.82. The molecule has 1 aromatic heterocycles. The SMILES string of the molecule is COc1ccc(Cl)cc1C(=O)Nc1oc(C)c(C(C)=O)c1C#N. The first-order valence-electron chi connectivity index (χ1n) is 6.58. The van der Waals surface area contributed by atoms with Gasteiger partial charge in [0.2, 0.25) is 5.88 Å². The minimum absolute atomic E-state index is 0.00987. The third-order valence-electron chi connectivity index (χ3n) is 3.18. The molecule has 2 aromatic rings. The van der Waals surface area contributed by atoms with Crippen molar-refractivity contribution in [3.8, 4) is 11.8 Å². The smallest absolute Gasteiger partial charge is 0.261 e. The van der Waals surface area contributed by atoms with Gasteiger partial charge in [0.1, 0.15) is 23.1 Å². The first-order valence-corrected chi connectivity index (χ1v) is 6.96. The second-order valence-corrected chi connectivity index (χ2v) is 5.14. The molecule has 0 aliphatic heterocycles. The molecule has 0 bridgehead atoms. The summed E-state index contributed by atoms with van der Waals surface area (Å²) in [7, 11) is 1.42. The van der Waals surface area contributed by atoms with Crippen molar-refractivity contribution in [1.29, 1.82) is 5.26 Å². The third kappa shape index (κ3) is 3.20. The number of Topliss-reactive ketones (excluding diaryl/α,β-unsaturated/α-hetero) is 1. The summed E-state index contributed by atoms with van der Waals surface area (Å²) in [6, 6.07) is 6.45. The van der Waals surface area contributed by atoms with E-state index in [9.17, 15) is 14.9 Å². The van der Waals surface area contributed by atoms with Gasteiger partial charge in [-0.15, -0.1) is 0 Å². The summed E-state index contributed by atoms with van der Waals surface area (Å²) in [5.41, 5.74) is 0.326. The van der Waals surface area contributed by atoms with E-state index in [2.05, 4.69) is 5.32 Å². The second-order valence-electron chi connectivity index (χ2n) is 4.70. The lowest BCUT2D eigenvalue weighted by Crippen LogP contribution is -2.13. The number of anilines is 1. The lowest BCUT2D eigenvalue weighted by atomic mass is 10.1. The summed E-state index contributed by atoms with van der Waals surface area (Å²) in [6.45, 7) is 2.87. The zero-order valence-electron chi connectivity index (χ0n) is 12.7. The number of rotatable bonds is 4. The number of hydrogen-bond donors (Lipinski definition) is 1. The van der Waals surface area contributed by atoms with Crippen molar-refractivity contribution in [2.75, 3.05) is 12.4 Å². The molecule has 0 radical (unpaired) electrons. The van der Waals surface area contributed by atoms with Crippen molar-refractivity contribution in [2.24, 2.45) is 0 Å². The van der Waals surface area contributed by atoms with Gasteiger partial charge in [0.15, 0.2) is 5.78 Å². The van der Waals surface area contributed by atoms with Gasteiger partial charge in [-0.05, 0) is 32.0 Å². The van der Waals surface area contributed by atoms with E-state index in [1.54, 1.807) is 19.1 Å². The lowest BCUT2D eigenvalue weighted by Gasteiger charge is -2.08. The summed E-state index contributed by atoms with van der Waals surface area (Å²) in [5.74, 6) is -0.376. The van der Waals surface area contributed by atoms with Crippen LogP contribution in [0.2, 0.25) is 5.02 Å². The minimum Gasteiger partial charge on any atom is -0.496 e. The molecule has 1 heterocycles. The van der Waals surface area contributed by atoms with E-state index in [4.69, 9.17) is 20.8 Å². The number of aryl methyl sites for hydroxylation is 1. The van der Waals surface area contributed by atoms with Crippen LogP contribution in [-0.4, -0.2) is 18.8 Å². The van der Waals surface area contributed by atoms with Crippen LogP contribution >= 0.6 is 11.6 Å². The monoisotopic (exact) mass is 332 g/mol. The van der Waals surface area contributed by atoms with Crippen LogP contribution in [0.4, 0.5) is 5.88 Å². The topological polar surface area (TPSA) is 92.3 Å². The van der Waals surface area contributed by atoms with E-state index in [0.717, 1.165) is 0 Å². The molecule has 23 heavy (non-hydrogen) atoms. The van der Waals surface area contributed by atoms with Crippen molar-refractivity contribution in [2.45, 2.75) is 13.8 Å². The Balaban J connectivity index is 2.43. The fourth-order valence-electron chi connectivity index (χ4n) is 2.19. The van der Waals surface area contributed by atoms with E-state index in [-0.39, 0.29) is 34.1 Å². The zero-order chi connectivity index (χ0) is 17.1. The molecule has 0 spiro atoms. The summed E-state index contributed by atoms with van der Waals surface area (Å²) in [5, 5.41) is 12.1. The van der Waals surface area contributed by atoms with Crippen LogP contribution in [0.25, 0.3) is 0 Å². The summed E-state index contributed by atoms with van der Waals surface area (Å²) in [4.78, 5) is 24.0. The molecule has 0 atom stereocenters. The Morgan fingerprint density at radius 2 is 2.09 bits per heavy atom. The van der Waals surface area contributed by atoms with E-state index in [1.807, 2.05) is 6.07 Å². The number of amides is 1. The molecule has 0 saturated heterocycles. The first-order chi connectivity index (χ1) is 10.9. The van der Waals surface area contributed by atoms with Crippen molar-refractivity contribution >= 4 is 29.2 Å². The minimum atomic E-state index is -0.565. The number of benzene rings is 1. The number of ether oxygens (including phenoxy) is 1. The van der Waals surface area contributed by atoms with Gasteiger partial charge >= 0.3 is 0 Å². The van der Waals surface area contributed by atoms with Gasteiger partial charge in [-0.25, -0.2) is 0 Å². The Kier molecular flexibility index (Phi) is 4.72. The maximum atomic E-state index is 12.4. The molecular weight excluding hydrogens is 320 g/mol. The molecule has 1 aromatic carbocycles. The Bertz CT molecular complexity index is 833. The maximum Gasteiger partial charge on any atom is 0.261 e. The number of hydrogen-bond acceptors (Lipinski definition) is 5. The molecular formula is C16H13ClN2O4. The van der Waals surface area contributed by atoms with Crippen LogP contribution in [0.15, 0.2) is 22.6 Å². The number of carbonyl (C=O) groups is 2. The van der Waals surface area contributed by atoms with Crippen LogP contribution < -0.4 is 10.1 Å². The molecule has 1 amide bonds. The van der Waals surface area contributed by atoms with Gasteiger partial charge in [0, 0.05) is 5.02 Å². The van der Waals surface area contributed by atoms with Crippen LogP contribution in [0.5, 0.6) is 5.75 Å². The standard InChI is InChI=1S/C16H13ClN2O4/c1-8(20)14-9(2)23-16(12(14)7-18)19-15(21)11-6-10(17)4-5-13(11)22-3/h4-6H,1-3H3,(H,19,21). The number of halogens is 1. The molecule has 0 saturated carbocycles. The Hall–Kier alpha value is -2.78. The normalized spacial score (nSPS) is 10.0. The molecule has 2 rings (SSSR count). The van der Waals surface area contributed by atoms with Gasteiger partial charge in [0.25, 0.3) is 5.91 Å². The van der Waals surface area contributed by atoms with E-state index in [0.29, 0.717) is 10.8 Å².